The summed E-state index contributed by atoms with van der Waals surface area (Å²) in [5.41, 5.74) is -0.869. The topological polar surface area (TPSA) is 66.4 Å². The molecule has 4 nitrogen and oxygen atoms in total. The zero-order chi connectivity index (χ0) is 13.4. The Hall–Kier alpha value is -1.06. The van der Waals surface area contributed by atoms with Crippen molar-refractivity contribution in [3.05, 3.63) is 0 Å². The molecule has 0 radical (unpaired) electrons. The minimum atomic E-state index is -1.05. The van der Waals surface area contributed by atoms with Crippen LogP contribution in [-0.2, 0) is 9.59 Å². The van der Waals surface area contributed by atoms with Gasteiger partial charge in [0, 0.05) is 5.54 Å². The number of hydrogen-bond donors (Lipinski definition) is 2. The third-order valence-electron chi connectivity index (χ3n) is 3.42. The Morgan fingerprint density at radius 1 is 1.18 bits per heavy atom. The molecule has 1 aliphatic rings. The smallest absolute Gasteiger partial charge is 0.316 e. The Labute approximate surface area is 103 Å². The number of nitrogens with one attached hydrogen (secondary N) is 1. The van der Waals surface area contributed by atoms with Gasteiger partial charge >= 0.3 is 5.97 Å². The van der Waals surface area contributed by atoms with Gasteiger partial charge in [-0.1, -0.05) is 20.8 Å². The first-order chi connectivity index (χ1) is 7.55. The molecule has 0 heterocycles. The van der Waals surface area contributed by atoms with Crippen LogP contribution in [0.25, 0.3) is 0 Å². The molecular weight excluding hydrogens is 218 g/mol. The molecule has 0 aliphatic heterocycles. The van der Waals surface area contributed by atoms with Gasteiger partial charge in [0.1, 0.15) is 5.92 Å². The maximum absolute atomic E-state index is 12.1. The molecule has 1 saturated carbocycles. The van der Waals surface area contributed by atoms with E-state index in [1.807, 2.05) is 13.8 Å². The third-order valence-corrected chi connectivity index (χ3v) is 3.42. The fourth-order valence-electron chi connectivity index (χ4n) is 2.17. The molecule has 2 N–H and O–H groups in total. The fraction of sp³-hybridized carbons (Fsp3) is 0.846. The van der Waals surface area contributed by atoms with Gasteiger partial charge in [0.25, 0.3) is 0 Å². The zero-order valence-corrected chi connectivity index (χ0v) is 11.3. The molecule has 17 heavy (non-hydrogen) atoms. The van der Waals surface area contributed by atoms with Crippen molar-refractivity contribution in [3.8, 4) is 0 Å². The van der Waals surface area contributed by atoms with Crippen LogP contribution in [0.15, 0.2) is 0 Å². The molecule has 0 saturated heterocycles. The lowest BCUT2D eigenvalue weighted by atomic mass is 9.79. The maximum Gasteiger partial charge on any atom is 0.316 e. The van der Waals surface area contributed by atoms with E-state index >= 15 is 0 Å². The summed E-state index contributed by atoms with van der Waals surface area (Å²) in [6.45, 7) is 9.24. The van der Waals surface area contributed by atoms with Crippen molar-refractivity contribution < 1.29 is 14.7 Å². The second kappa shape index (κ2) is 4.31. The third kappa shape index (κ3) is 3.45. The first-order valence-corrected chi connectivity index (χ1v) is 6.10. The Kier molecular flexibility index (Phi) is 3.55. The largest absolute Gasteiger partial charge is 0.481 e. The second-order valence-corrected chi connectivity index (χ2v) is 6.62. The van der Waals surface area contributed by atoms with Crippen LogP contribution in [0.2, 0.25) is 0 Å². The van der Waals surface area contributed by atoms with Gasteiger partial charge in [-0.15, -0.1) is 0 Å². The van der Waals surface area contributed by atoms with Crippen molar-refractivity contribution >= 4 is 11.9 Å². The van der Waals surface area contributed by atoms with Crippen molar-refractivity contribution in [2.45, 2.75) is 53.0 Å². The normalized spacial score (nSPS) is 18.6. The Morgan fingerprint density at radius 3 is 1.94 bits per heavy atom. The number of hydrogen-bond acceptors (Lipinski definition) is 2. The molecule has 0 aromatic heterocycles. The number of carboxylic acids is 1. The predicted molar refractivity (Wildman–Crippen MR) is 65.5 cm³/mol. The van der Waals surface area contributed by atoms with Crippen LogP contribution in [0.3, 0.4) is 0 Å². The number of amides is 1. The fourth-order valence-corrected chi connectivity index (χ4v) is 2.17. The van der Waals surface area contributed by atoms with Gasteiger partial charge < -0.3 is 10.4 Å². The molecule has 0 bridgehead atoms. The average Bonchev–Trinajstić information content (AvgIpc) is 2.77. The van der Waals surface area contributed by atoms with E-state index in [1.165, 1.54) is 0 Å². The van der Waals surface area contributed by atoms with E-state index in [1.54, 1.807) is 20.8 Å². The minimum absolute atomic E-state index is 0.296. The van der Waals surface area contributed by atoms with Gasteiger partial charge in [-0.05, 0) is 38.0 Å². The first kappa shape index (κ1) is 14.0. The van der Waals surface area contributed by atoms with Crippen LogP contribution in [0, 0.1) is 17.3 Å². The van der Waals surface area contributed by atoms with Crippen LogP contribution in [0.4, 0.5) is 0 Å². The van der Waals surface area contributed by atoms with Gasteiger partial charge in [-0.25, -0.2) is 0 Å². The summed E-state index contributed by atoms with van der Waals surface area (Å²) in [6, 6.07) is 0. The number of carboxylic acid groups (broad SMARTS) is 1. The molecule has 0 aromatic carbocycles. The zero-order valence-electron chi connectivity index (χ0n) is 11.3. The molecule has 0 aromatic rings. The molecule has 1 amide bonds. The van der Waals surface area contributed by atoms with Crippen molar-refractivity contribution in [2.75, 3.05) is 0 Å². The van der Waals surface area contributed by atoms with Crippen LogP contribution in [-0.4, -0.2) is 22.5 Å². The molecule has 1 atom stereocenters. The van der Waals surface area contributed by atoms with E-state index in [9.17, 15) is 9.59 Å². The molecule has 1 fully saturated rings. The second-order valence-electron chi connectivity index (χ2n) is 6.62. The lowest BCUT2D eigenvalue weighted by molar-refractivity contribution is -0.152. The monoisotopic (exact) mass is 241 g/mol. The van der Waals surface area contributed by atoms with Gasteiger partial charge in [0.05, 0.1) is 0 Å². The number of carbonyl (C=O) groups is 2. The summed E-state index contributed by atoms with van der Waals surface area (Å²) in [4.78, 5) is 23.3. The van der Waals surface area contributed by atoms with Crippen LogP contribution in [0.5, 0.6) is 0 Å². The molecule has 1 unspecified atom stereocenters. The Balaban J connectivity index is 2.76. The highest BCUT2D eigenvalue weighted by molar-refractivity contribution is 5.98. The highest BCUT2D eigenvalue weighted by Gasteiger charge is 2.43. The van der Waals surface area contributed by atoms with Crippen molar-refractivity contribution in [3.63, 3.8) is 0 Å². The van der Waals surface area contributed by atoms with Gasteiger partial charge in [-0.3, -0.25) is 9.59 Å². The van der Waals surface area contributed by atoms with E-state index in [0.29, 0.717) is 5.92 Å². The molecule has 98 valence electrons. The van der Waals surface area contributed by atoms with Crippen molar-refractivity contribution in [2.24, 2.45) is 17.3 Å². The van der Waals surface area contributed by atoms with E-state index in [2.05, 4.69) is 5.32 Å². The van der Waals surface area contributed by atoms with Crippen molar-refractivity contribution in [1.29, 1.82) is 0 Å². The molecule has 0 spiro atoms. The summed E-state index contributed by atoms with van der Waals surface area (Å²) >= 11 is 0. The summed E-state index contributed by atoms with van der Waals surface area (Å²) in [5, 5.41) is 12.1. The first-order valence-electron chi connectivity index (χ1n) is 6.10. The summed E-state index contributed by atoms with van der Waals surface area (Å²) in [6.07, 6.45) is 2.22. The predicted octanol–water partition coefficient (Wildman–Crippen LogP) is 2.04. The van der Waals surface area contributed by atoms with E-state index in [0.717, 1.165) is 12.8 Å². The molecule has 1 rings (SSSR count). The molecular formula is C13H23NO3. The standard InChI is InChI=1S/C13H23NO3/c1-12(2,3)9(11(16)17)10(15)14-13(4,5)8-6-7-8/h8-9H,6-7H2,1-5H3,(H,14,15)(H,16,17). The molecule has 4 heteroatoms. The van der Waals surface area contributed by atoms with Crippen molar-refractivity contribution in [1.82, 2.24) is 5.32 Å². The van der Waals surface area contributed by atoms with Gasteiger partial charge in [-0.2, -0.15) is 0 Å². The maximum atomic E-state index is 12.1. The number of aliphatic carboxylic acids is 1. The van der Waals surface area contributed by atoms with Gasteiger partial charge in [0.15, 0.2) is 0 Å². The lowest BCUT2D eigenvalue weighted by Crippen LogP contribution is -2.52. The van der Waals surface area contributed by atoms with Crippen LogP contribution in [0.1, 0.15) is 47.5 Å². The van der Waals surface area contributed by atoms with E-state index in [-0.39, 0.29) is 11.4 Å². The lowest BCUT2D eigenvalue weighted by Gasteiger charge is -2.32. The van der Waals surface area contributed by atoms with E-state index < -0.39 is 17.3 Å². The highest BCUT2D eigenvalue weighted by atomic mass is 16.4. The average molecular weight is 241 g/mol. The highest BCUT2D eigenvalue weighted by Crippen LogP contribution is 2.39. The Morgan fingerprint density at radius 2 is 1.65 bits per heavy atom. The quantitative estimate of drug-likeness (QED) is 0.740. The minimum Gasteiger partial charge on any atom is -0.481 e. The van der Waals surface area contributed by atoms with Crippen LogP contribution >= 0.6 is 0 Å². The Bertz CT molecular complexity index is 324. The van der Waals surface area contributed by atoms with Gasteiger partial charge in [0.2, 0.25) is 5.91 Å². The number of carbonyl (C=O) groups excluding carboxylic acids is 1. The van der Waals surface area contributed by atoms with Crippen LogP contribution < -0.4 is 5.32 Å². The van der Waals surface area contributed by atoms with E-state index in [4.69, 9.17) is 5.11 Å². The summed E-state index contributed by atoms with van der Waals surface area (Å²) in [7, 11) is 0. The number of rotatable bonds is 4. The summed E-state index contributed by atoms with van der Waals surface area (Å²) < 4.78 is 0. The molecule has 1 aliphatic carbocycles. The summed E-state index contributed by atoms with van der Waals surface area (Å²) in [5.74, 6) is -1.94. The SMILES string of the molecule is CC(C)(C)C(C(=O)O)C(=O)NC(C)(C)C1CC1.